The van der Waals surface area contributed by atoms with Crippen molar-refractivity contribution in [1.82, 2.24) is 0 Å². The number of hydrogen-bond donors (Lipinski definition) is 1. The second-order valence-corrected chi connectivity index (χ2v) is 1.30. The van der Waals surface area contributed by atoms with Crippen molar-refractivity contribution in [1.29, 1.82) is 0 Å². The molecule has 0 aromatic heterocycles. The monoisotopic (exact) mass is 111 g/mol. The highest BCUT2D eigenvalue weighted by atomic mass is 16.1. The molecule has 0 atom stereocenters. The molecule has 2 nitrogen and oxygen atoms in total. The summed E-state index contributed by atoms with van der Waals surface area (Å²) in [5.41, 5.74) is 4.96. The van der Waals surface area contributed by atoms with Crippen molar-refractivity contribution in [2.45, 2.75) is 6.42 Å². The molecule has 0 saturated carbocycles. The van der Waals surface area contributed by atoms with Crippen molar-refractivity contribution in [2.75, 3.05) is 0 Å². The Bertz CT molecular complexity index is 116. The van der Waals surface area contributed by atoms with Gasteiger partial charge in [0, 0.05) is 6.42 Å². The average Bonchev–Trinajstić information content (AvgIpc) is 1.83. The first kappa shape index (κ1) is 6.95. The van der Waals surface area contributed by atoms with Crippen LogP contribution < -0.4 is 5.73 Å². The number of rotatable bonds is 3. The fourth-order valence-corrected chi connectivity index (χ4v) is 0.268. The minimum Gasteiger partial charge on any atom is -0.405 e. The van der Waals surface area contributed by atoms with Crippen LogP contribution in [-0.4, -0.2) is 5.78 Å². The van der Waals surface area contributed by atoms with Gasteiger partial charge in [-0.25, -0.2) is 0 Å². The maximum atomic E-state index is 10.3. The molecule has 0 amide bonds. The van der Waals surface area contributed by atoms with Crippen molar-refractivity contribution in [3.63, 3.8) is 0 Å². The quantitative estimate of drug-likeness (QED) is 0.542. The summed E-state index contributed by atoms with van der Waals surface area (Å²) in [6.45, 7) is 3.29. The van der Waals surface area contributed by atoms with E-state index in [1.165, 1.54) is 12.3 Å². The van der Waals surface area contributed by atoms with Crippen LogP contribution in [0.4, 0.5) is 0 Å². The Kier molecular flexibility index (Phi) is 3.58. The lowest BCUT2D eigenvalue weighted by Gasteiger charge is -1.80. The van der Waals surface area contributed by atoms with Gasteiger partial charge in [-0.1, -0.05) is 12.7 Å². The average molecular weight is 111 g/mol. The topological polar surface area (TPSA) is 43.1 Å². The lowest BCUT2D eigenvalue weighted by Crippen LogP contribution is -1.88. The molecule has 0 heterocycles. The van der Waals surface area contributed by atoms with Crippen LogP contribution in [0.5, 0.6) is 0 Å². The van der Waals surface area contributed by atoms with Crippen LogP contribution in [-0.2, 0) is 4.79 Å². The summed E-state index contributed by atoms with van der Waals surface area (Å²) in [6, 6.07) is 0. The van der Waals surface area contributed by atoms with E-state index in [2.05, 4.69) is 6.58 Å². The minimum atomic E-state index is -0.00769. The lowest BCUT2D eigenvalue weighted by atomic mass is 10.3. The Morgan fingerprint density at radius 2 is 2.38 bits per heavy atom. The number of nitrogens with two attached hydrogens (primary N) is 1. The fourth-order valence-electron chi connectivity index (χ4n) is 0.268. The number of allylic oxidation sites excluding steroid dienone is 2. The van der Waals surface area contributed by atoms with Crippen molar-refractivity contribution < 1.29 is 4.79 Å². The van der Waals surface area contributed by atoms with Gasteiger partial charge in [0.1, 0.15) is 0 Å². The molecule has 8 heavy (non-hydrogen) atoms. The Morgan fingerprint density at radius 1 is 1.75 bits per heavy atom. The number of ketones is 1. The van der Waals surface area contributed by atoms with Crippen LogP contribution >= 0.6 is 0 Å². The third-order valence-corrected chi connectivity index (χ3v) is 0.683. The largest absolute Gasteiger partial charge is 0.405 e. The predicted molar refractivity (Wildman–Crippen MR) is 33.1 cm³/mol. The first-order chi connectivity index (χ1) is 3.81. The Labute approximate surface area is 48.7 Å². The first-order valence-electron chi connectivity index (χ1n) is 2.33. The molecule has 0 aliphatic carbocycles. The normalized spacial score (nSPS) is 9.50. The molecule has 0 rings (SSSR count). The van der Waals surface area contributed by atoms with Gasteiger partial charge in [-0.2, -0.15) is 0 Å². The van der Waals surface area contributed by atoms with E-state index in [1.54, 1.807) is 6.08 Å². The maximum absolute atomic E-state index is 10.3. The molecule has 2 heteroatoms. The number of hydrogen-bond acceptors (Lipinski definition) is 2. The van der Waals surface area contributed by atoms with Crippen molar-refractivity contribution in [2.24, 2.45) is 5.73 Å². The van der Waals surface area contributed by atoms with E-state index in [0.29, 0.717) is 6.42 Å². The smallest absolute Gasteiger partial charge is 0.158 e. The number of carbonyl (C=O) groups excluding carboxylic acids is 1. The molecule has 0 unspecified atom stereocenters. The summed E-state index contributed by atoms with van der Waals surface area (Å²) in [6.07, 6.45) is 4.57. The molecule has 0 aromatic rings. The highest BCUT2D eigenvalue weighted by Gasteiger charge is 1.86. The highest BCUT2D eigenvalue weighted by Crippen LogP contribution is 1.82. The zero-order valence-electron chi connectivity index (χ0n) is 4.63. The van der Waals surface area contributed by atoms with E-state index in [1.807, 2.05) is 0 Å². The third kappa shape index (κ3) is 3.15. The summed E-state index contributed by atoms with van der Waals surface area (Å²) >= 11 is 0. The van der Waals surface area contributed by atoms with Gasteiger partial charge in [0.2, 0.25) is 0 Å². The van der Waals surface area contributed by atoms with E-state index in [9.17, 15) is 4.79 Å². The van der Waals surface area contributed by atoms with Gasteiger partial charge in [0.25, 0.3) is 0 Å². The summed E-state index contributed by atoms with van der Waals surface area (Å²) in [4.78, 5) is 10.3. The summed E-state index contributed by atoms with van der Waals surface area (Å²) in [5, 5.41) is 0. The third-order valence-electron chi connectivity index (χ3n) is 0.683. The summed E-state index contributed by atoms with van der Waals surface area (Å²) in [7, 11) is 0. The molecular weight excluding hydrogens is 102 g/mol. The van der Waals surface area contributed by atoms with Gasteiger partial charge < -0.3 is 5.73 Å². The molecule has 0 fully saturated rings. The molecular formula is C6H9NO. The standard InChI is InChI=1S/C6H9NO/c1-2-6(8)4-3-5-7/h2-3,5H,1,4,7H2. The van der Waals surface area contributed by atoms with E-state index in [0.717, 1.165) is 0 Å². The van der Waals surface area contributed by atoms with Crippen LogP contribution in [0.25, 0.3) is 0 Å². The molecule has 0 radical (unpaired) electrons. The van der Waals surface area contributed by atoms with Gasteiger partial charge in [-0.3, -0.25) is 4.79 Å². The first-order valence-corrected chi connectivity index (χ1v) is 2.33. The zero-order chi connectivity index (χ0) is 6.41. The molecule has 0 aliphatic rings. The van der Waals surface area contributed by atoms with Gasteiger partial charge in [-0.05, 0) is 12.3 Å². The van der Waals surface area contributed by atoms with Gasteiger partial charge in [0.05, 0.1) is 0 Å². The van der Waals surface area contributed by atoms with Crippen LogP contribution in [0.3, 0.4) is 0 Å². The van der Waals surface area contributed by atoms with Crippen molar-refractivity contribution >= 4 is 5.78 Å². The molecule has 0 aromatic carbocycles. The van der Waals surface area contributed by atoms with E-state index in [-0.39, 0.29) is 5.78 Å². The second-order valence-electron chi connectivity index (χ2n) is 1.30. The number of carbonyl (C=O) groups is 1. The summed E-state index contributed by atoms with van der Waals surface area (Å²) in [5.74, 6) is -0.00769. The Morgan fingerprint density at radius 3 is 2.75 bits per heavy atom. The van der Waals surface area contributed by atoms with Crippen molar-refractivity contribution in [3.05, 3.63) is 24.9 Å². The van der Waals surface area contributed by atoms with Crippen LogP contribution in [0.2, 0.25) is 0 Å². The Balaban J connectivity index is 3.39. The van der Waals surface area contributed by atoms with Crippen LogP contribution in [0, 0.1) is 0 Å². The lowest BCUT2D eigenvalue weighted by molar-refractivity contribution is -0.113. The SMILES string of the molecule is C=CC(=O)CC=CN. The van der Waals surface area contributed by atoms with E-state index in [4.69, 9.17) is 5.73 Å². The molecule has 0 spiro atoms. The van der Waals surface area contributed by atoms with Gasteiger partial charge in [0.15, 0.2) is 5.78 Å². The van der Waals surface area contributed by atoms with Gasteiger partial charge >= 0.3 is 0 Å². The van der Waals surface area contributed by atoms with E-state index < -0.39 is 0 Å². The molecule has 0 aliphatic heterocycles. The molecule has 0 saturated heterocycles. The van der Waals surface area contributed by atoms with E-state index >= 15 is 0 Å². The molecule has 44 valence electrons. The predicted octanol–water partition coefficient (Wildman–Crippen LogP) is 0.604. The van der Waals surface area contributed by atoms with Crippen LogP contribution in [0.1, 0.15) is 6.42 Å². The highest BCUT2D eigenvalue weighted by molar-refractivity contribution is 5.90. The van der Waals surface area contributed by atoms with Crippen molar-refractivity contribution in [3.8, 4) is 0 Å². The van der Waals surface area contributed by atoms with Gasteiger partial charge in [-0.15, -0.1) is 0 Å². The Hall–Kier alpha value is -1.05. The van der Waals surface area contributed by atoms with Crippen LogP contribution in [0.15, 0.2) is 24.9 Å². The zero-order valence-corrected chi connectivity index (χ0v) is 4.63. The summed E-state index contributed by atoms with van der Waals surface area (Å²) < 4.78 is 0. The minimum absolute atomic E-state index is 0.00769. The molecule has 0 bridgehead atoms. The maximum Gasteiger partial charge on any atom is 0.158 e. The second kappa shape index (κ2) is 4.12. The molecule has 2 N–H and O–H groups in total. The fraction of sp³-hybridized carbons (Fsp3) is 0.167.